The van der Waals surface area contributed by atoms with Crippen molar-refractivity contribution >= 4 is 54.0 Å². The van der Waals surface area contributed by atoms with Gasteiger partial charge in [0, 0.05) is 37.7 Å². The number of rotatable bonds is 1. The van der Waals surface area contributed by atoms with Crippen LogP contribution in [0.25, 0.3) is 11.3 Å². The maximum Gasteiger partial charge on any atom is 0.0975 e. The fourth-order valence-corrected chi connectivity index (χ4v) is 11.4. The first-order valence-electron chi connectivity index (χ1n) is 10.9. The molecule has 0 saturated heterocycles. The number of hydrogen-bond donors (Lipinski definition) is 0. The summed E-state index contributed by atoms with van der Waals surface area (Å²) in [5, 5.41) is 5.91. The van der Waals surface area contributed by atoms with Crippen LogP contribution in [0.15, 0.2) is 79.0 Å². The SMILES string of the molecule is C[Si]1(C)c2[c-]c(-c3ccccn3)cc3c2N(c2ccccc21)c1ccccc1[Si]3(C)C.[Ir]. The van der Waals surface area contributed by atoms with Crippen LogP contribution in [0.3, 0.4) is 0 Å². The Morgan fingerprint density at radius 3 is 1.94 bits per heavy atom. The van der Waals surface area contributed by atoms with Crippen molar-refractivity contribution in [2.75, 3.05) is 4.90 Å². The largest absolute Gasteiger partial charge is 0.352 e. The van der Waals surface area contributed by atoms with E-state index < -0.39 is 16.1 Å². The van der Waals surface area contributed by atoms with E-state index in [4.69, 9.17) is 0 Å². The van der Waals surface area contributed by atoms with Crippen LogP contribution in [0, 0.1) is 6.07 Å². The molecule has 0 unspecified atom stereocenters. The molecule has 0 bridgehead atoms. The fourth-order valence-electron chi connectivity index (χ4n) is 5.44. The van der Waals surface area contributed by atoms with E-state index >= 15 is 0 Å². The second-order valence-corrected chi connectivity index (χ2v) is 18.3. The summed E-state index contributed by atoms with van der Waals surface area (Å²) in [5.74, 6) is 0. The van der Waals surface area contributed by atoms with Crippen LogP contribution in [0.4, 0.5) is 17.1 Å². The Labute approximate surface area is 205 Å². The van der Waals surface area contributed by atoms with Gasteiger partial charge < -0.3 is 9.88 Å². The van der Waals surface area contributed by atoms with E-state index in [1.165, 1.54) is 37.8 Å². The van der Waals surface area contributed by atoms with Crippen LogP contribution < -0.4 is 25.6 Å². The van der Waals surface area contributed by atoms with Crippen molar-refractivity contribution in [1.29, 1.82) is 0 Å². The summed E-state index contributed by atoms with van der Waals surface area (Å²) >= 11 is 0. The maximum absolute atomic E-state index is 4.68. The van der Waals surface area contributed by atoms with Gasteiger partial charge in [-0.2, -0.15) is 0 Å². The zero-order valence-corrected chi connectivity index (χ0v) is 23.1. The van der Waals surface area contributed by atoms with Crippen LogP contribution in [0.2, 0.25) is 26.2 Å². The Balaban J connectivity index is 0.00000216. The molecule has 2 aliphatic heterocycles. The number of benzene rings is 3. The molecule has 2 nitrogen and oxygen atoms in total. The van der Waals surface area contributed by atoms with Gasteiger partial charge in [-0.25, -0.2) is 0 Å². The molecule has 1 radical (unpaired) electrons. The molecule has 2 aliphatic rings. The van der Waals surface area contributed by atoms with Crippen molar-refractivity contribution in [2.24, 2.45) is 0 Å². The minimum atomic E-state index is -1.94. The molecule has 6 rings (SSSR count). The third-order valence-electron chi connectivity index (χ3n) is 7.14. The van der Waals surface area contributed by atoms with E-state index in [-0.39, 0.29) is 20.1 Å². The molecule has 0 spiro atoms. The first-order chi connectivity index (χ1) is 14.9. The number of nitrogens with zero attached hydrogens (tertiary/aromatic N) is 2. The van der Waals surface area contributed by atoms with Crippen molar-refractivity contribution < 1.29 is 20.1 Å². The molecule has 0 saturated carbocycles. The molecule has 0 amide bonds. The summed E-state index contributed by atoms with van der Waals surface area (Å²) in [6.07, 6.45) is 1.89. The number of hydrogen-bond acceptors (Lipinski definition) is 2. The predicted octanol–water partition coefficient (Wildman–Crippen LogP) is 4.29. The molecule has 32 heavy (non-hydrogen) atoms. The summed E-state index contributed by atoms with van der Waals surface area (Å²) in [4.78, 5) is 7.21. The summed E-state index contributed by atoms with van der Waals surface area (Å²) in [6, 6.07) is 30.5. The zero-order valence-electron chi connectivity index (χ0n) is 18.7. The Bertz CT molecular complexity index is 1270. The average molecular weight is 626 g/mol. The Morgan fingerprint density at radius 2 is 1.31 bits per heavy atom. The standard InChI is InChI=1S/C27H25N2Si2.Ir/c1-30(2)23-14-7-5-12-21(23)29-22-13-6-8-15-24(22)31(3,4)26-18-19(17-25(30)27(26)29)20-11-9-10-16-28-20;/h5-17H,1-4H3;/q-1;. The number of aromatic nitrogens is 1. The first kappa shape index (κ1) is 21.5. The van der Waals surface area contributed by atoms with E-state index in [0.29, 0.717) is 0 Å². The van der Waals surface area contributed by atoms with Crippen molar-refractivity contribution in [1.82, 2.24) is 4.98 Å². The monoisotopic (exact) mass is 626 g/mol. The number of fused-ring (bicyclic) bond motifs is 4. The minimum absolute atomic E-state index is 0. The molecule has 4 aromatic rings. The van der Waals surface area contributed by atoms with Gasteiger partial charge in [-0.1, -0.05) is 74.7 Å². The van der Waals surface area contributed by atoms with Crippen LogP contribution in [-0.4, -0.2) is 21.1 Å². The summed E-state index contributed by atoms with van der Waals surface area (Å²) < 4.78 is 0. The second-order valence-electron chi connectivity index (χ2n) is 9.65. The molecule has 1 aromatic heterocycles. The number of anilines is 3. The Morgan fingerprint density at radius 1 is 0.719 bits per heavy atom. The van der Waals surface area contributed by atoms with Crippen LogP contribution in [0.1, 0.15) is 0 Å². The average Bonchev–Trinajstić information content (AvgIpc) is 2.79. The number of para-hydroxylation sites is 2. The molecule has 3 heterocycles. The molecular formula is C27H25IrN2Si2-. The van der Waals surface area contributed by atoms with Crippen LogP contribution >= 0.6 is 0 Å². The van der Waals surface area contributed by atoms with Crippen molar-refractivity contribution in [3.63, 3.8) is 0 Å². The molecule has 0 fully saturated rings. The van der Waals surface area contributed by atoms with E-state index in [1.807, 2.05) is 12.3 Å². The molecule has 0 atom stereocenters. The van der Waals surface area contributed by atoms with Gasteiger partial charge in [0.2, 0.25) is 0 Å². The van der Waals surface area contributed by atoms with Crippen LogP contribution in [0.5, 0.6) is 0 Å². The maximum atomic E-state index is 4.68. The van der Waals surface area contributed by atoms with Gasteiger partial charge in [0.05, 0.1) is 16.1 Å². The topological polar surface area (TPSA) is 16.1 Å². The summed E-state index contributed by atoms with van der Waals surface area (Å²) in [6.45, 7) is 9.95. The van der Waals surface area contributed by atoms with Gasteiger partial charge in [-0.3, -0.25) is 0 Å². The normalized spacial score (nSPS) is 16.3. The second kappa shape index (κ2) is 7.36. The quantitative estimate of drug-likeness (QED) is 0.232. The van der Waals surface area contributed by atoms with Crippen molar-refractivity contribution in [3.8, 4) is 11.3 Å². The van der Waals surface area contributed by atoms with E-state index in [1.54, 1.807) is 0 Å². The fraction of sp³-hybridized carbons (Fsp3) is 0.148. The smallest absolute Gasteiger partial charge is 0.0975 e. The predicted molar refractivity (Wildman–Crippen MR) is 137 cm³/mol. The van der Waals surface area contributed by atoms with Crippen LogP contribution in [-0.2, 0) is 20.1 Å². The third-order valence-corrected chi connectivity index (χ3v) is 14.0. The van der Waals surface area contributed by atoms with Gasteiger partial charge in [0.15, 0.2) is 0 Å². The third kappa shape index (κ3) is 2.82. The van der Waals surface area contributed by atoms with Gasteiger partial charge >= 0.3 is 0 Å². The van der Waals surface area contributed by atoms with Crippen molar-refractivity contribution in [2.45, 2.75) is 26.2 Å². The van der Waals surface area contributed by atoms with Gasteiger partial charge in [0.1, 0.15) is 0 Å². The van der Waals surface area contributed by atoms with Crippen molar-refractivity contribution in [3.05, 3.63) is 85.1 Å². The van der Waals surface area contributed by atoms with E-state index in [2.05, 4.69) is 109 Å². The molecule has 0 N–H and O–H groups in total. The zero-order chi connectivity index (χ0) is 21.4. The molecule has 161 valence electrons. The Hall–Kier alpha value is -2.31. The summed E-state index contributed by atoms with van der Waals surface area (Å²) in [5.41, 5.74) is 6.26. The Kier molecular flexibility index (Phi) is 4.95. The molecule has 0 aliphatic carbocycles. The molecule has 3 aromatic carbocycles. The van der Waals surface area contributed by atoms with Gasteiger partial charge in [0.25, 0.3) is 0 Å². The van der Waals surface area contributed by atoms with E-state index in [0.717, 1.165) is 11.3 Å². The minimum Gasteiger partial charge on any atom is -0.352 e. The van der Waals surface area contributed by atoms with E-state index in [9.17, 15) is 0 Å². The van der Waals surface area contributed by atoms with Gasteiger partial charge in [-0.05, 0) is 40.0 Å². The van der Waals surface area contributed by atoms with Gasteiger partial charge in [-0.15, -0.1) is 28.1 Å². The summed E-state index contributed by atoms with van der Waals surface area (Å²) in [7, 11) is -3.84. The molecule has 5 heteroatoms. The molecular weight excluding hydrogens is 601 g/mol. The number of pyridine rings is 1. The first-order valence-corrected chi connectivity index (χ1v) is 16.9.